The number of carboxylic acids is 4. The molecule has 0 rings (SSSR count). The molecule has 0 saturated heterocycles. The Labute approximate surface area is 200 Å². The number of rotatable bonds is 17. The number of carbonyl (C=O) groups is 7. The van der Waals surface area contributed by atoms with Crippen molar-refractivity contribution in [3.8, 4) is 0 Å². The van der Waals surface area contributed by atoms with E-state index >= 15 is 0 Å². The highest BCUT2D eigenvalue weighted by atomic mass is 16.4. The standard InChI is InChI=1S/C20H32N4O11/c1-9(2)7-10(21)17(31)22-11(3-5-14(25)26)18(32)23-12(4-6-15(27)28)19(33)24-13(20(34)35)8-16(29)30/h9-13H,3-8,21H2,1-2H3,(H,22,31)(H,23,32)(H,24,33)(H,25,26)(H,27,28)(H,29,30)(H,34,35). The molecule has 3 amide bonds. The molecule has 0 radical (unpaired) electrons. The lowest BCUT2D eigenvalue weighted by Crippen LogP contribution is -2.57. The number of hydrogen-bond donors (Lipinski definition) is 8. The molecule has 9 N–H and O–H groups in total. The van der Waals surface area contributed by atoms with E-state index in [4.69, 9.17) is 26.2 Å². The highest BCUT2D eigenvalue weighted by Crippen LogP contribution is 2.07. The fraction of sp³-hybridized carbons (Fsp3) is 0.650. The number of carboxylic acid groups (broad SMARTS) is 4. The third-order valence-electron chi connectivity index (χ3n) is 4.62. The van der Waals surface area contributed by atoms with Gasteiger partial charge in [0.2, 0.25) is 17.7 Å². The molecular weight excluding hydrogens is 472 g/mol. The Morgan fingerprint density at radius 1 is 0.657 bits per heavy atom. The minimum absolute atomic E-state index is 0.0409. The summed E-state index contributed by atoms with van der Waals surface area (Å²) in [5.74, 6) is -8.73. The van der Waals surface area contributed by atoms with E-state index in [1.165, 1.54) is 0 Å². The van der Waals surface area contributed by atoms with Crippen LogP contribution < -0.4 is 21.7 Å². The van der Waals surface area contributed by atoms with Gasteiger partial charge in [-0.2, -0.15) is 0 Å². The minimum atomic E-state index is -1.86. The van der Waals surface area contributed by atoms with Crippen molar-refractivity contribution in [2.24, 2.45) is 11.7 Å². The van der Waals surface area contributed by atoms with Gasteiger partial charge in [-0.15, -0.1) is 0 Å². The van der Waals surface area contributed by atoms with E-state index in [1.807, 2.05) is 19.2 Å². The number of carbonyl (C=O) groups excluding carboxylic acids is 3. The molecule has 0 aliphatic rings. The first-order valence-corrected chi connectivity index (χ1v) is 10.7. The van der Waals surface area contributed by atoms with Gasteiger partial charge in [0.15, 0.2) is 0 Å². The summed E-state index contributed by atoms with van der Waals surface area (Å²) in [5.41, 5.74) is 5.78. The Hall–Kier alpha value is -3.75. The van der Waals surface area contributed by atoms with Crippen LogP contribution in [0.1, 0.15) is 52.4 Å². The number of aliphatic carboxylic acids is 4. The number of nitrogens with two attached hydrogens (primary N) is 1. The van der Waals surface area contributed by atoms with Crippen LogP contribution in [-0.4, -0.2) is 86.2 Å². The van der Waals surface area contributed by atoms with Crippen LogP contribution in [0.5, 0.6) is 0 Å². The van der Waals surface area contributed by atoms with Gasteiger partial charge in [-0.1, -0.05) is 13.8 Å². The second-order valence-corrected chi connectivity index (χ2v) is 8.22. The van der Waals surface area contributed by atoms with E-state index in [0.717, 1.165) is 0 Å². The summed E-state index contributed by atoms with van der Waals surface area (Å²) in [5, 5.41) is 42.2. The third kappa shape index (κ3) is 13.5. The molecule has 0 spiro atoms. The SMILES string of the molecule is CC(C)CC(N)C(=O)NC(CCC(=O)O)C(=O)NC(CCC(=O)O)C(=O)NC(CC(=O)O)C(=O)O. The van der Waals surface area contributed by atoms with Gasteiger partial charge in [-0.25, -0.2) is 4.79 Å². The maximum Gasteiger partial charge on any atom is 0.326 e. The Balaban J connectivity index is 5.65. The molecular formula is C20H32N4O11. The van der Waals surface area contributed by atoms with Crippen molar-refractivity contribution in [3.63, 3.8) is 0 Å². The zero-order valence-corrected chi connectivity index (χ0v) is 19.4. The largest absolute Gasteiger partial charge is 0.481 e. The van der Waals surface area contributed by atoms with Crippen molar-refractivity contribution in [1.82, 2.24) is 16.0 Å². The molecule has 0 aliphatic heterocycles. The molecule has 0 saturated carbocycles. The summed E-state index contributed by atoms with van der Waals surface area (Å²) in [4.78, 5) is 81.7. The van der Waals surface area contributed by atoms with Gasteiger partial charge in [0.25, 0.3) is 0 Å². The lowest BCUT2D eigenvalue weighted by atomic mass is 10.0. The summed E-state index contributed by atoms with van der Waals surface area (Å²) in [6.45, 7) is 3.62. The summed E-state index contributed by atoms with van der Waals surface area (Å²) in [7, 11) is 0. The fourth-order valence-corrected chi connectivity index (χ4v) is 2.89. The van der Waals surface area contributed by atoms with Crippen LogP contribution in [0.2, 0.25) is 0 Å². The van der Waals surface area contributed by atoms with E-state index in [1.54, 1.807) is 0 Å². The highest BCUT2D eigenvalue weighted by molar-refractivity contribution is 5.95. The quantitative estimate of drug-likeness (QED) is 0.108. The molecule has 4 atom stereocenters. The van der Waals surface area contributed by atoms with Gasteiger partial charge in [0.1, 0.15) is 18.1 Å². The smallest absolute Gasteiger partial charge is 0.326 e. The first-order valence-electron chi connectivity index (χ1n) is 10.7. The van der Waals surface area contributed by atoms with E-state index in [0.29, 0.717) is 0 Å². The zero-order chi connectivity index (χ0) is 27.3. The van der Waals surface area contributed by atoms with E-state index in [2.05, 4.69) is 10.6 Å². The zero-order valence-electron chi connectivity index (χ0n) is 19.4. The lowest BCUT2D eigenvalue weighted by Gasteiger charge is -2.25. The predicted molar refractivity (Wildman–Crippen MR) is 117 cm³/mol. The van der Waals surface area contributed by atoms with Gasteiger partial charge in [-0.3, -0.25) is 28.8 Å². The first kappa shape index (κ1) is 31.2. The second-order valence-electron chi connectivity index (χ2n) is 8.22. The fourth-order valence-electron chi connectivity index (χ4n) is 2.89. The highest BCUT2D eigenvalue weighted by Gasteiger charge is 2.31. The van der Waals surface area contributed by atoms with Crippen molar-refractivity contribution >= 4 is 41.6 Å². The molecule has 198 valence electrons. The van der Waals surface area contributed by atoms with Gasteiger partial charge >= 0.3 is 23.9 Å². The van der Waals surface area contributed by atoms with Crippen LogP contribution in [-0.2, 0) is 33.6 Å². The van der Waals surface area contributed by atoms with Gasteiger partial charge < -0.3 is 42.1 Å². The lowest BCUT2D eigenvalue weighted by molar-refractivity contribution is -0.147. The molecule has 0 fully saturated rings. The molecule has 0 heterocycles. The van der Waals surface area contributed by atoms with Crippen LogP contribution in [0.3, 0.4) is 0 Å². The van der Waals surface area contributed by atoms with Gasteiger partial charge in [0, 0.05) is 12.8 Å². The van der Waals surface area contributed by atoms with Crippen molar-refractivity contribution in [1.29, 1.82) is 0 Å². The van der Waals surface area contributed by atoms with E-state index in [9.17, 15) is 33.6 Å². The number of hydrogen-bond acceptors (Lipinski definition) is 8. The average Bonchev–Trinajstić information content (AvgIpc) is 2.71. The van der Waals surface area contributed by atoms with Crippen LogP contribution in [0.15, 0.2) is 0 Å². The predicted octanol–water partition coefficient (Wildman–Crippen LogP) is -1.90. The van der Waals surface area contributed by atoms with Crippen molar-refractivity contribution in [2.45, 2.75) is 76.5 Å². The number of nitrogens with one attached hydrogen (secondary N) is 3. The normalized spacial score (nSPS) is 14.2. The van der Waals surface area contributed by atoms with Crippen LogP contribution in [0.25, 0.3) is 0 Å². The Kier molecular flexibility index (Phi) is 13.6. The Morgan fingerprint density at radius 3 is 1.40 bits per heavy atom. The monoisotopic (exact) mass is 504 g/mol. The minimum Gasteiger partial charge on any atom is -0.481 e. The molecule has 35 heavy (non-hydrogen) atoms. The van der Waals surface area contributed by atoms with Crippen LogP contribution in [0.4, 0.5) is 0 Å². The molecule has 0 aromatic carbocycles. The van der Waals surface area contributed by atoms with Crippen LogP contribution >= 0.6 is 0 Å². The van der Waals surface area contributed by atoms with Gasteiger partial charge in [-0.05, 0) is 25.2 Å². The molecule has 0 aromatic rings. The number of amides is 3. The van der Waals surface area contributed by atoms with E-state index < -0.39 is 91.4 Å². The second kappa shape index (κ2) is 15.2. The molecule has 0 bridgehead atoms. The molecule has 0 aromatic heterocycles. The topological polar surface area (TPSA) is 263 Å². The van der Waals surface area contributed by atoms with Crippen molar-refractivity contribution < 1.29 is 54.0 Å². The molecule has 4 unspecified atom stereocenters. The first-order chi connectivity index (χ1) is 16.1. The summed E-state index contributed by atoms with van der Waals surface area (Å²) < 4.78 is 0. The van der Waals surface area contributed by atoms with Crippen LogP contribution in [0, 0.1) is 5.92 Å². The Bertz CT molecular complexity index is 815. The summed E-state index contributed by atoms with van der Waals surface area (Å²) in [6, 6.07) is -5.94. The molecule has 15 heteroatoms. The summed E-state index contributed by atoms with van der Waals surface area (Å²) in [6.07, 6.45) is -2.76. The third-order valence-corrected chi connectivity index (χ3v) is 4.62. The van der Waals surface area contributed by atoms with Crippen molar-refractivity contribution in [2.75, 3.05) is 0 Å². The van der Waals surface area contributed by atoms with Crippen molar-refractivity contribution in [3.05, 3.63) is 0 Å². The molecule has 0 aliphatic carbocycles. The average molecular weight is 504 g/mol. The van der Waals surface area contributed by atoms with Gasteiger partial charge in [0.05, 0.1) is 12.5 Å². The Morgan fingerprint density at radius 2 is 1.06 bits per heavy atom. The van der Waals surface area contributed by atoms with E-state index in [-0.39, 0.29) is 18.8 Å². The molecule has 15 nitrogen and oxygen atoms in total. The summed E-state index contributed by atoms with van der Waals surface area (Å²) >= 11 is 0. The maximum absolute atomic E-state index is 12.8. The maximum atomic E-state index is 12.8.